The minimum atomic E-state index is -1.15. The summed E-state index contributed by atoms with van der Waals surface area (Å²) in [7, 11) is -1.15. The van der Waals surface area contributed by atoms with E-state index in [9.17, 15) is 0 Å². The Hall–Kier alpha value is -0.603. The van der Waals surface area contributed by atoms with E-state index in [2.05, 4.69) is 63.1 Å². The zero-order valence-corrected chi connectivity index (χ0v) is 14.9. The number of hydrogen-bond donors (Lipinski definition) is 1. The van der Waals surface area contributed by atoms with Gasteiger partial charge in [-0.05, 0) is 36.7 Å². The van der Waals surface area contributed by atoms with Crippen LogP contribution < -0.4 is 10.5 Å². The maximum atomic E-state index is 3.76. The zero-order valence-electron chi connectivity index (χ0n) is 13.9. The molecule has 0 spiro atoms. The average molecular weight is 290 g/mol. The van der Waals surface area contributed by atoms with Crippen LogP contribution in [0.3, 0.4) is 0 Å². The fourth-order valence-electron chi connectivity index (χ4n) is 3.12. The monoisotopic (exact) mass is 289 g/mol. The topological polar surface area (TPSA) is 12.0 Å². The first-order chi connectivity index (χ1) is 9.36. The van der Waals surface area contributed by atoms with Crippen molar-refractivity contribution in [2.75, 3.05) is 0 Å². The summed E-state index contributed by atoms with van der Waals surface area (Å²) in [6.07, 6.45) is 4.07. The molecule has 0 saturated heterocycles. The molecule has 2 rings (SSSR count). The highest BCUT2D eigenvalue weighted by Crippen LogP contribution is 2.29. The SMILES string of the molecule is CC1CCC(NCc2ccc([Si](C)(C)C)cc2)CC1C. The third-order valence-electron chi connectivity index (χ3n) is 5.01. The lowest BCUT2D eigenvalue weighted by atomic mass is 9.79. The van der Waals surface area contributed by atoms with Crippen molar-refractivity contribution < 1.29 is 0 Å². The number of nitrogens with one attached hydrogen (secondary N) is 1. The molecule has 20 heavy (non-hydrogen) atoms. The lowest BCUT2D eigenvalue weighted by Gasteiger charge is -2.32. The first-order valence-corrected chi connectivity index (χ1v) is 11.7. The molecule has 1 N–H and O–H groups in total. The van der Waals surface area contributed by atoms with Crippen LogP contribution in [0.25, 0.3) is 0 Å². The quantitative estimate of drug-likeness (QED) is 0.821. The molecular weight excluding hydrogens is 258 g/mol. The Kier molecular flexibility index (Phi) is 5.08. The molecule has 0 heterocycles. The second-order valence-electron chi connectivity index (χ2n) is 7.79. The summed E-state index contributed by atoms with van der Waals surface area (Å²) in [6.45, 7) is 13.1. The Balaban J connectivity index is 1.85. The molecule has 0 radical (unpaired) electrons. The van der Waals surface area contributed by atoms with Crippen LogP contribution in [0.15, 0.2) is 24.3 Å². The van der Waals surface area contributed by atoms with Crippen molar-refractivity contribution in [3.05, 3.63) is 29.8 Å². The van der Waals surface area contributed by atoms with Crippen LogP contribution in [-0.2, 0) is 6.54 Å². The molecule has 1 aliphatic carbocycles. The number of rotatable bonds is 4. The lowest BCUT2D eigenvalue weighted by molar-refractivity contribution is 0.225. The molecule has 1 aromatic rings. The summed E-state index contributed by atoms with van der Waals surface area (Å²) in [5.41, 5.74) is 1.43. The van der Waals surface area contributed by atoms with Crippen LogP contribution >= 0.6 is 0 Å². The zero-order chi connectivity index (χ0) is 14.8. The Morgan fingerprint density at radius 2 is 1.65 bits per heavy atom. The minimum Gasteiger partial charge on any atom is -0.310 e. The average Bonchev–Trinajstić information content (AvgIpc) is 2.40. The first-order valence-electron chi connectivity index (χ1n) is 8.19. The summed E-state index contributed by atoms with van der Waals surface area (Å²) >= 11 is 0. The molecule has 3 atom stereocenters. The van der Waals surface area contributed by atoms with E-state index in [0.717, 1.165) is 24.4 Å². The number of hydrogen-bond acceptors (Lipinski definition) is 1. The van der Waals surface area contributed by atoms with Gasteiger partial charge in [0, 0.05) is 12.6 Å². The Labute approximate surface area is 126 Å². The molecule has 0 aliphatic heterocycles. The third-order valence-corrected chi connectivity index (χ3v) is 7.08. The molecule has 2 heteroatoms. The van der Waals surface area contributed by atoms with Crippen molar-refractivity contribution in [3.8, 4) is 0 Å². The molecule has 0 aromatic heterocycles. The van der Waals surface area contributed by atoms with Crippen molar-refractivity contribution in [2.45, 2.75) is 65.3 Å². The standard InChI is InChI=1S/C18H31NSi/c1-14-6-9-17(12-15(14)2)19-13-16-7-10-18(11-8-16)20(3,4)5/h7-8,10-11,14-15,17,19H,6,9,12-13H2,1-5H3. The lowest BCUT2D eigenvalue weighted by Crippen LogP contribution is -2.38. The van der Waals surface area contributed by atoms with Gasteiger partial charge in [-0.3, -0.25) is 0 Å². The summed E-state index contributed by atoms with van der Waals surface area (Å²) in [5.74, 6) is 1.78. The highest BCUT2D eigenvalue weighted by molar-refractivity contribution is 6.88. The van der Waals surface area contributed by atoms with Crippen molar-refractivity contribution in [1.29, 1.82) is 0 Å². The maximum Gasteiger partial charge on any atom is 0.0775 e. The van der Waals surface area contributed by atoms with Gasteiger partial charge in [0.05, 0.1) is 8.07 Å². The first kappa shape index (κ1) is 15.8. The molecule has 1 fully saturated rings. The smallest absolute Gasteiger partial charge is 0.0775 e. The Morgan fingerprint density at radius 1 is 1.00 bits per heavy atom. The number of benzene rings is 1. The van der Waals surface area contributed by atoms with Gasteiger partial charge in [-0.1, -0.05) is 62.9 Å². The normalized spacial score (nSPS) is 27.6. The van der Waals surface area contributed by atoms with Gasteiger partial charge in [0.25, 0.3) is 0 Å². The largest absolute Gasteiger partial charge is 0.310 e. The van der Waals surface area contributed by atoms with Gasteiger partial charge in [-0.25, -0.2) is 0 Å². The highest BCUT2D eigenvalue weighted by atomic mass is 28.3. The third kappa shape index (κ3) is 4.19. The van der Waals surface area contributed by atoms with E-state index in [1.165, 1.54) is 24.8 Å². The van der Waals surface area contributed by atoms with Gasteiger partial charge < -0.3 is 5.32 Å². The van der Waals surface area contributed by atoms with Gasteiger partial charge >= 0.3 is 0 Å². The predicted octanol–water partition coefficient (Wildman–Crippen LogP) is 4.15. The molecular formula is C18H31NSi. The van der Waals surface area contributed by atoms with Crippen LogP contribution in [0.1, 0.15) is 38.7 Å². The van der Waals surface area contributed by atoms with Gasteiger partial charge in [-0.2, -0.15) is 0 Å². The second kappa shape index (κ2) is 6.44. The van der Waals surface area contributed by atoms with Crippen molar-refractivity contribution >= 4 is 13.3 Å². The molecule has 1 aromatic carbocycles. The van der Waals surface area contributed by atoms with Crippen LogP contribution in [0, 0.1) is 11.8 Å². The summed E-state index contributed by atoms with van der Waals surface area (Å²) in [6, 6.07) is 10.0. The summed E-state index contributed by atoms with van der Waals surface area (Å²) < 4.78 is 0. The summed E-state index contributed by atoms with van der Waals surface area (Å²) in [5, 5.41) is 5.32. The van der Waals surface area contributed by atoms with Gasteiger partial charge in [0.1, 0.15) is 0 Å². The molecule has 1 saturated carbocycles. The minimum absolute atomic E-state index is 0.720. The fourth-order valence-corrected chi connectivity index (χ4v) is 4.28. The van der Waals surface area contributed by atoms with Gasteiger partial charge in [-0.15, -0.1) is 0 Å². The van der Waals surface area contributed by atoms with Crippen molar-refractivity contribution in [2.24, 2.45) is 11.8 Å². The van der Waals surface area contributed by atoms with E-state index in [4.69, 9.17) is 0 Å². The fraction of sp³-hybridized carbons (Fsp3) is 0.667. The van der Waals surface area contributed by atoms with Crippen LogP contribution in [0.5, 0.6) is 0 Å². The van der Waals surface area contributed by atoms with E-state index < -0.39 is 8.07 Å². The van der Waals surface area contributed by atoms with Crippen LogP contribution in [-0.4, -0.2) is 14.1 Å². The van der Waals surface area contributed by atoms with Gasteiger partial charge in [0.2, 0.25) is 0 Å². The Morgan fingerprint density at radius 3 is 2.20 bits per heavy atom. The maximum absolute atomic E-state index is 3.76. The molecule has 112 valence electrons. The van der Waals surface area contributed by atoms with E-state index in [0.29, 0.717) is 0 Å². The van der Waals surface area contributed by atoms with Gasteiger partial charge in [0.15, 0.2) is 0 Å². The molecule has 3 unspecified atom stereocenters. The van der Waals surface area contributed by atoms with E-state index in [1.54, 1.807) is 5.19 Å². The molecule has 1 nitrogen and oxygen atoms in total. The molecule has 0 amide bonds. The van der Waals surface area contributed by atoms with Crippen molar-refractivity contribution in [1.82, 2.24) is 5.32 Å². The summed E-state index contributed by atoms with van der Waals surface area (Å²) in [4.78, 5) is 0. The predicted molar refractivity (Wildman–Crippen MR) is 92.2 cm³/mol. The van der Waals surface area contributed by atoms with Crippen LogP contribution in [0.4, 0.5) is 0 Å². The van der Waals surface area contributed by atoms with E-state index >= 15 is 0 Å². The van der Waals surface area contributed by atoms with Crippen LogP contribution in [0.2, 0.25) is 19.6 Å². The highest BCUT2D eigenvalue weighted by Gasteiger charge is 2.24. The molecule has 1 aliphatic rings. The Bertz CT molecular complexity index is 418. The molecule has 0 bridgehead atoms. The second-order valence-corrected chi connectivity index (χ2v) is 12.9. The van der Waals surface area contributed by atoms with E-state index in [1.807, 2.05) is 0 Å². The van der Waals surface area contributed by atoms with Crippen molar-refractivity contribution in [3.63, 3.8) is 0 Å². The van der Waals surface area contributed by atoms with E-state index in [-0.39, 0.29) is 0 Å².